The molecule has 1 amide bonds. The number of carbonyl (C=O) groups is 1. The van der Waals surface area contributed by atoms with Crippen LogP contribution in [0.15, 0.2) is 36.0 Å². The largest absolute Gasteiger partial charge is 0.367 e. The van der Waals surface area contributed by atoms with Crippen molar-refractivity contribution in [3.8, 4) is 0 Å². The van der Waals surface area contributed by atoms with E-state index >= 15 is 0 Å². The number of hydrogen-bond donors (Lipinski definition) is 1. The first-order valence-corrected chi connectivity index (χ1v) is 6.01. The Morgan fingerprint density at radius 3 is 2.88 bits per heavy atom. The van der Waals surface area contributed by atoms with E-state index < -0.39 is 0 Å². The van der Waals surface area contributed by atoms with E-state index in [0.29, 0.717) is 5.56 Å². The van der Waals surface area contributed by atoms with E-state index in [4.69, 9.17) is 0 Å². The van der Waals surface area contributed by atoms with E-state index in [1.54, 1.807) is 34.7 Å². The average Bonchev–Trinajstić information content (AvgIpc) is 2.97. The van der Waals surface area contributed by atoms with Gasteiger partial charge in [0.1, 0.15) is 0 Å². The molecule has 16 heavy (non-hydrogen) atoms. The molecule has 0 radical (unpaired) electrons. The molecular weight excluding hydrogens is 220 g/mol. The highest BCUT2D eigenvalue weighted by molar-refractivity contribution is 7.10. The van der Waals surface area contributed by atoms with E-state index in [1.165, 1.54) is 4.88 Å². The molecule has 1 unspecified atom stereocenters. The van der Waals surface area contributed by atoms with Crippen LogP contribution in [0.1, 0.15) is 28.2 Å². The number of rotatable bonds is 3. The minimum atomic E-state index is 0.0437. The zero-order chi connectivity index (χ0) is 11.5. The zero-order valence-electron chi connectivity index (χ0n) is 9.31. The van der Waals surface area contributed by atoms with E-state index in [0.717, 1.165) is 0 Å². The Kier molecular flexibility index (Phi) is 3.10. The average molecular weight is 234 g/mol. The molecule has 0 aliphatic carbocycles. The maximum Gasteiger partial charge on any atom is 0.255 e. The van der Waals surface area contributed by atoms with Gasteiger partial charge in [-0.3, -0.25) is 4.79 Å². The van der Waals surface area contributed by atoms with Crippen LogP contribution >= 0.6 is 11.3 Å². The second kappa shape index (κ2) is 4.53. The highest BCUT2D eigenvalue weighted by Crippen LogP contribution is 2.24. The third kappa shape index (κ3) is 2.02. The highest BCUT2D eigenvalue weighted by Gasteiger charge is 2.19. The van der Waals surface area contributed by atoms with Crippen molar-refractivity contribution in [2.45, 2.75) is 13.0 Å². The van der Waals surface area contributed by atoms with Crippen molar-refractivity contribution in [3.05, 3.63) is 46.4 Å². The topological polar surface area (TPSA) is 36.1 Å². The van der Waals surface area contributed by atoms with Gasteiger partial charge in [0.05, 0.1) is 11.6 Å². The summed E-state index contributed by atoms with van der Waals surface area (Å²) in [6.45, 7) is 2.04. The van der Waals surface area contributed by atoms with Gasteiger partial charge in [0.15, 0.2) is 0 Å². The molecule has 2 rings (SSSR count). The van der Waals surface area contributed by atoms with Crippen LogP contribution in [-0.2, 0) is 0 Å². The van der Waals surface area contributed by atoms with Crippen LogP contribution in [0, 0.1) is 0 Å². The van der Waals surface area contributed by atoms with Crippen LogP contribution in [0.25, 0.3) is 0 Å². The van der Waals surface area contributed by atoms with Crippen molar-refractivity contribution in [3.63, 3.8) is 0 Å². The van der Waals surface area contributed by atoms with Crippen LogP contribution in [0.4, 0.5) is 0 Å². The Morgan fingerprint density at radius 1 is 1.50 bits per heavy atom. The molecule has 2 heterocycles. The molecular formula is C12H14N2OS. The third-order valence-electron chi connectivity index (χ3n) is 2.70. The first kappa shape index (κ1) is 11.0. The summed E-state index contributed by atoms with van der Waals surface area (Å²) in [4.78, 5) is 17.9. The van der Waals surface area contributed by atoms with E-state index in [-0.39, 0.29) is 11.9 Å². The maximum absolute atomic E-state index is 12.1. The van der Waals surface area contributed by atoms with Gasteiger partial charge in [0, 0.05) is 24.3 Å². The van der Waals surface area contributed by atoms with Gasteiger partial charge < -0.3 is 9.88 Å². The molecule has 2 aromatic heterocycles. The lowest BCUT2D eigenvalue weighted by Crippen LogP contribution is -2.28. The summed E-state index contributed by atoms with van der Waals surface area (Å²) >= 11 is 1.67. The summed E-state index contributed by atoms with van der Waals surface area (Å²) < 4.78 is 0. The van der Waals surface area contributed by atoms with E-state index in [9.17, 15) is 4.79 Å². The number of aromatic nitrogens is 1. The summed E-state index contributed by atoms with van der Waals surface area (Å²) in [7, 11) is 1.83. The molecule has 0 saturated heterocycles. The Hall–Kier alpha value is -1.55. The smallest absolute Gasteiger partial charge is 0.255 e. The first-order valence-electron chi connectivity index (χ1n) is 5.13. The van der Waals surface area contributed by atoms with E-state index in [1.807, 2.05) is 25.4 Å². The van der Waals surface area contributed by atoms with Gasteiger partial charge in [-0.2, -0.15) is 0 Å². The lowest BCUT2D eigenvalue weighted by atomic mass is 10.2. The molecule has 0 saturated carbocycles. The molecule has 3 nitrogen and oxygen atoms in total. The molecule has 84 valence electrons. The van der Waals surface area contributed by atoms with Crippen molar-refractivity contribution in [2.24, 2.45) is 0 Å². The summed E-state index contributed by atoms with van der Waals surface area (Å²) in [6, 6.07) is 5.96. The Balaban J connectivity index is 2.14. The molecule has 0 aliphatic rings. The number of nitrogens with zero attached hydrogens (tertiary/aromatic N) is 1. The number of amides is 1. The summed E-state index contributed by atoms with van der Waals surface area (Å²) in [6.07, 6.45) is 3.48. The molecule has 1 atom stereocenters. The van der Waals surface area contributed by atoms with Crippen LogP contribution < -0.4 is 0 Å². The quantitative estimate of drug-likeness (QED) is 0.871. The number of thiophene rings is 1. The second-order valence-electron chi connectivity index (χ2n) is 3.71. The van der Waals surface area contributed by atoms with Crippen LogP contribution in [0.2, 0.25) is 0 Å². The molecule has 4 heteroatoms. The minimum absolute atomic E-state index is 0.0437. The molecule has 1 N–H and O–H groups in total. The fraction of sp³-hybridized carbons (Fsp3) is 0.250. The molecule has 0 aliphatic heterocycles. The zero-order valence-corrected chi connectivity index (χ0v) is 10.1. The van der Waals surface area contributed by atoms with Gasteiger partial charge in [-0.05, 0) is 24.4 Å². The van der Waals surface area contributed by atoms with Crippen molar-refractivity contribution in [1.29, 1.82) is 0 Å². The molecule has 0 bridgehead atoms. The second-order valence-corrected chi connectivity index (χ2v) is 4.69. The lowest BCUT2D eigenvalue weighted by molar-refractivity contribution is 0.0745. The number of nitrogens with one attached hydrogen (secondary N) is 1. The summed E-state index contributed by atoms with van der Waals surface area (Å²) in [5.74, 6) is 0.0437. The van der Waals surface area contributed by atoms with Crippen molar-refractivity contribution in [2.75, 3.05) is 7.05 Å². The van der Waals surface area contributed by atoms with Gasteiger partial charge in [-0.1, -0.05) is 6.07 Å². The Bertz CT molecular complexity index is 447. The van der Waals surface area contributed by atoms with E-state index in [2.05, 4.69) is 11.1 Å². The first-order chi connectivity index (χ1) is 7.70. The highest BCUT2D eigenvalue weighted by atomic mass is 32.1. The van der Waals surface area contributed by atoms with Gasteiger partial charge in [-0.15, -0.1) is 11.3 Å². The van der Waals surface area contributed by atoms with Crippen molar-refractivity contribution in [1.82, 2.24) is 9.88 Å². The maximum atomic E-state index is 12.1. The number of H-pyrrole nitrogens is 1. The monoisotopic (exact) mass is 234 g/mol. The third-order valence-corrected chi connectivity index (χ3v) is 3.74. The fourth-order valence-corrected chi connectivity index (χ4v) is 2.38. The van der Waals surface area contributed by atoms with Gasteiger partial charge in [0.2, 0.25) is 0 Å². The SMILES string of the molecule is CC(c1cccs1)N(C)C(=O)c1cc[nH]c1. The standard InChI is InChI=1S/C12H14N2OS/c1-9(11-4-3-7-16-11)14(2)12(15)10-5-6-13-8-10/h3-9,13H,1-2H3. The summed E-state index contributed by atoms with van der Waals surface area (Å²) in [5.41, 5.74) is 0.700. The van der Waals surface area contributed by atoms with Gasteiger partial charge in [0.25, 0.3) is 5.91 Å². The Labute approximate surface area is 98.7 Å². The van der Waals surface area contributed by atoms with Gasteiger partial charge in [-0.25, -0.2) is 0 Å². The van der Waals surface area contributed by atoms with Crippen molar-refractivity contribution < 1.29 is 4.79 Å². The predicted octanol–water partition coefficient (Wildman–Crippen LogP) is 2.91. The van der Waals surface area contributed by atoms with Crippen LogP contribution in [0.5, 0.6) is 0 Å². The van der Waals surface area contributed by atoms with Gasteiger partial charge >= 0.3 is 0 Å². The molecule has 2 aromatic rings. The normalized spacial score (nSPS) is 12.4. The molecule has 0 fully saturated rings. The van der Waals surface area contributed by atoms with Crippen LogP contribution in [0.3, 0.4) is 0 Å². The fourth-order valence-electron chi connectivity index (χ4n) is 1.56. The molecule has 0 aromatic carbocycles. The molecule has 0 spiro atoms. The summed E-state index contributed by atoms with van der Waals surface area (Å²) in [5, 5.41) is 2.03. The lowest BCUT2D eigenvalue weighted by Gasteiger charge is -2.23. The number of aromatic amines is 1. The Morgan fingerprint density at radius 2 is 2.31 bits per heavy atom. The van der Waals surface area contributed by atoms with Crippen molar-refractivity contribution >= 4 is 17.2 Å². The number of hydrogen-bond acceptors (Lipinski definition) is 2. The predicted molar refractivity (Wildman–Crippen MR) is 65.6 cm³/mol. The minimum Gasteiger partial charge on any atom is -0.367 e. The number of carbonyl (C=O) groups excluding carboxylic acids is 1. The van der Waals surface area contributed by atoms with Crippen LogP contribution in [-0.4, -0.2) is 22.8 Å².